The van der Waals surface area contributed by atoms with Crippen LogP contribution < -0.4 is 0 Å². The normalized spacial score (nSPS) is 15.2. The summed E-state index contributed by atoms with van der Waals surface area (Å²) in [4.78, 5) is 10.0. The van der Waals surface area contributed by atoms with Crippen LogP contribution in [0.5, 0.6) is 0 Å². The van der Waals surface area contributed by atoms with Crippen molar-refractivity contribution in [3.05, 3.63) is 24.3 Å². The molecule has 2 atom stereocenters. The van der Waals surface area contributed by atoms with Gasteiger partial charge in [0, 0.05) is 6.61 Å². The lowest BCUT2D eigenvalue weighted by atomic mass is 10.1. The Hall–Kier alpha value is -0.530. The molecule has 7 nitrogen and oxygen atoms in total. The van der Waals surface area contributed by atoms with Crippen LogP contribution in [-0.2, 0) is 23.1 Å². The van der Waals surface area contributed by atoms with E-state index in [1.54, 1.807) is 0 Å². The maximum Gasteiger partial charge on any atom is 0.472 e. The molecule has 0 spiro atoms. The summed E-state index contributed by atoms with van der Waals surface area (Å²) < 4.78 is 35.0. The van der Waals surface area contributed by atoms with Crippen LogP contribution in [-0.4, -0.2) is 75.2 Å². The number of phosphoric acid groups is 1. The van der Waals surface area contributed by atoms with E-state index in [2.05, 4.69) is 31.2 Å². The zero-order valence-corrected chi connectivity index (χ0v) is 28.8. The Morgan fingerprint density at radius 2 is 1.20 bits per heavy atom. The zero-order valence-electron chi connectivity index (χ0n) is 27.9. The first-order valence-corrected chi connectivity index (χ1v) is 17.8. The van der Waals surface area contributed by atoms with E-state index in [1.165, 1.54) is 83.5 Å². The molecule has 0 amide bonds. The van der Waals surface area contributed by atoms with Crippen molar-refractivity contribution in [2.75, 3.05) is 54.1 Å². The quantitative estimate of drug-likeness (QED) is 0.0416. The van der Waals surface area contributed by atoms with E-state index in [-0.39, 0.29) is 13.2 Å². The summed E-state index contributed by atoms with van der Waals surface area (Å²) in [5.41, 5.74) is -0.415. The number of nitrogens with zero attached hydrogens (tertiary/aromatic N) is 1. The highest BCUT2D eigenvalue weighted by Crippen LogP contribution is 2.43. The number of phosphoric ester groups is 1. The van der Waals surface area contributed by atoms with Gasteiger partial charge in [-0.05, 0) is 78.6 Å². The molecule has 0 aromatic heterocycles. The van der Waals surface area contributed by atoms with E-state index in [9.17, 15) is 9.46 Å². The first kappa shape index (κ1) is 40.5. The van der Waals surface area contributed by atoms with Crippen molar-refractivity contribution < 1.29 is 32.5 Å². The number of unbranched alkanes of at least 4 members (excludes halogenated alkanes) is 12. The minimum Gasteiger partial charge on any atom is -0.379 e. The van der Waals surface area contributed by atoms with Gasteiger partial charge in [0.2, 0.25) is 0 Å². The Kier molecular flexibility index (Phi) is 24.5. The predicted octanol–water partition coefficient (Wildman–Crippen LogP) is 9.01. The fourth-order valence-corrected chi connectivity index (χ4v) is 4.90. The van der Waals surface area contributed by atoms with Crippen LogP contribution in [0.3, 0.4) is 0 Å². The number of quaternary nitrogens is 1. The molecular weight excluding hydrogens is 537 g/mol. The standard InChI is InChI=1S/C33H66NO6P/c1-8-9-10-11-12-13-14-15-16-17-18-19-20-21-22-23-24-25-26-28-37-30-32(40-33(2,3)4)31-39-41(35,36)38-29-27-34(5,6)7/h12-13,18-19,32H,8-11,14-17,20-31H2,1-7H3/p+1/b13-12-,19-18-/t32-/m1/s1. The third-order valence-corrected chi connectivity index (χ3v) is 7.46. The third kappa shape index (κ3) is 32.2. The molecule has 0 aliphatic rings. The van der Waals surface area contributed by atoms with Crippen LogP contribution in [0.15, 0.2) is 24.3 Å². The van der Waals surface area contributed by atoms with Crippen molar-refractivity contribution in [3.63, 3.8) is 0 Å². The second kappa shape index (κ2) is 24.9. The summed E-state index contributed by atoms with van der Waals surface area (Å²) >= 11 is 0. The van der Waals surface area contributed by atoms with Gasteiger partial charge < -0.3 is 18.9 Å². The van der Waals surface area contributed by atoms with E-state index < -0.39 is 19.5 Å². The van der Waals surface area contributed by atoms with Crippen molar-refractivity contribution >= 4 is 7.82 Å². The van der Waals surface area contributed by atoms with Gasteiger partial charge in [0.25, 0.3) is 0 Å². The van der Waals surface area contributed by atoms with Crippen molar-refractivity contribution in [1.82, 2.24) is 0 Å². The maximum absolute atomic E-state index is 12.2. The lowest BCUT2D eigenvalue weighted by Crippen LogP contribution is -2.37. The average Bonchev–Trinajstić information content (AvgIpc) is 2.86. The van der Waals surface area contributed by atoms with Crippen molar-refractivity contribution in [2.45, 2.75) is 136 Å². The number of allylic oxidation sites excluding steroid dienone is 4. The topological polar surface area (TPSA) is 74.2 Å². The summed E-state index contributed by atoms with van der Waals surface area (Å²) in [6.45, 7) is 9.76. The smallest absolute Gasteiger partial charge is 0.379 e. The Morgan fingerprint density at radius 1 is 0.707 bits per heavy atom. The van der Waals surface area contributed by atoms with Crippen LogP contribution >= 0.6 is 7.82 Å². The highest BCUT2D eigenvalue weighted by molar-refractivity contribution is 7.47. The molecule has 0 aliphatic carbocycles. The predicted molar refractivity (Wildman–Crippen MR) is 173 cm³/mol. The number of ether oxygens (including phenoxy) is 2. The molecule has 0 aliphatic heterocycles. The molecule has 0 saturated heterocycles. The van der Waals surface area contributed by atoms with Gasteiger partial charge in [0.15, 0.2) is 0 Å². The molecule has 0 heterocycles. The molecule has 0 rings (SSSR count). The Balaban J connectivity index is 3.83. The van der Waals surface area contributed by atoms with Crippen LogP contribution in [0, 0.1) is 0 Å². The van der Waals surface area contributed by atoms with E-state index >= 15 is 0 Å². The first-order chi connectivity index (χ1) is 19.3. The van der Waals surface area contributed by atoms with Crippen LogP contribution in [0.2, 0.25) is 0 Å². The Bertz CT molecular complexity index is 699. The highest BCUT2D eigenvalue weighted by Gasteiger charge is 2.27. The van der Waals surface area contributed by atoms with Crippen molar-refractivity contribution in [2.24, 2.45) is 0 Å². The number of hydrogen-bond acceptors (Lipinski definition) is 5. The first-order valence-electron chi connectivity index (χ1n) is 16.3. The Morgan fingerprint density at radius 3 is 1.71 bits per heavy atom. The largest absolute Gasteiger partial charge is 0.472 e. The number of likely N-dealkylation sites (N-methyl/N-ethyl adjacent to an activating group) is 1. The molecule has 41 heavy (non-hydrogen) atoms. The van der Waals surface area contributed by atoms with Crippen LogP contribution in [0.1, 0.15) is 124 Å². The highest BCUT2D eigenvalue weighted by atomic mass is 31.2. The van der Waals surface area contributed by atoms with Gasteiger partial charge in [-0.3, -0.25) is 9.05 Å². The average molecular weight is 605 g/mol. The van der Waals surface area contributed by atoms with E-state index in [4.69, 9.17) is 18.5 Å². The lowest BCUT2D eigenvalue weighted by molar-refractivity contribution is -0.870. The summed E-state index contributed by atoms with van der Waals surface area (Å²) in [7, 11) is 1.85. The summed E-state index contributed by atoms with van der Waals surface area (Å²) in [5, 5.41) is 0. The second-order valence-corrected chi connectivity index (χ2v) is 14.6. The maximum atomic E-state index is 12.2. The molecule has 0 saturated carbocycles. The van der Waals surface area contributed by atoms with Gasteiger partial charge in [-0.15, -0.1) is 0 Å². The van der Waals surface area contributed by atoms with Crippen molar-refractivity contribution in [3.8, 4) is 0 Å². The fraction of sp³-hybridized carbons (Fsp3) is 0.879. The lowest BCUT2D eigenvalue weighted by Gasteiger charge is -2.28. The number of hydrogen-bond donors (Lipinski definition) is 1. The van der Waals surface area contributed by atoms with Gasteiger partial charge in [0.05, 0.1) is 40.0 Å². The van der Waals surface area contributed by atoms with Gasteiger partial charge in [-0.2, -0.15) is 0 Å². The molecule has 244 valence electrons. The molecule has 0 fully saturated rings. The molecule has 0 radical (unpaired) electrons. The van der Waals surface area contributed by atoms with Gasteiger partial charge in [-0.1, -0.05) is 69.8 Å². The molecule has 0 aromatic rings. The van der Waals surface area contributed by atoms with Gasteiger partial charge in [-0.25, -0.2) is 4.57 Å². The van der Waals surface area contributed by atoms with E-state index in [1.807, 2.05) is 41.9 Å². The fourth-order valence-electron chi connectivity index (χ4n) is 4.16. The minimum absolute atomic E-state index is 0.0552. The molecule has 1 N–H and O–H groups in total. The molecule has 8 heteroatoms. The number of rotatable bonds is 28. The third-order valence-electron chi connectivity index (χ3n) is 6.47. The summed E-state index contributed by atoms with van der Waals surface area (Å²) in [5.74, 6) is 0. The Labute approximate surface area is 254 Å². The summed E-state index contributed by atoms with van der Waals surface area (Å²) in [6, 6.07) is 0. The molecule has 1 unspecified atom stereocenters. The monoisotopic (exact) mass is 604 g/mol. The molecule has 0 bridgehead atoms. The van der Waals surface area contributed by atoms with Crippen LogP contribution in [0.25, 0.3) is 0 Å². The van der Waals surface area contributed by atoms with E-state index in [0.29, 0.717) is 24.2 Å². The van der Waals surface area contributed by atoms with Gasteiger partial charge >= 0.3 is 7.82 Å². The van der Waals surface area contributed by atoms with Gasteiger partial charge in [0.1, 0.15) is 19.3 Å². The summed E-state index contributed by atoms with van der Waals surface area (Å²) in [6.07, 6.45) is 27.7. The minimum atomic E-state index is -4.13. The zero-order chi connectivity index (χ0) is 30.9. The molecular formula is C33H67NO6P+. The van der Waals surface area contributed by atoms with Crippen molar-refractivity contribution in [1.29, 1.82) is 0 Å². The SMILES string of the molecule is CCCCC/C=C\CCCC/C=C\CCCCCCCCOC[C@H](COP(=O)(O)OCC[N+](C)(C)C)OC(C)(C)C. The second-order valence-electron chi connectivity index (χ2n) is 13.2. The molecule has 0 aromatic carbocycles. The van der Waals surface area contributed by atoms with E-state index in [0.717, 1.165) is 12.8 Å². The van der Waals surface area contributed by atoms with Crippen LogP contribution in [0.4, 0.5) is 0 Å².